The fourth-order valence-corrected chi connectivity index (χ4v) is 2.40. The Balaban J connectivity index is 1.91. The van der Waals surface area contributed by atoms with Crippen molar-refractivity contribution in [2.45, 2.75) is 38.8 Å². The molecule has 2 N–H and O–H groups in total. The van der Waals surface area contributed by atoms with Crippen molar-refractivity contribution < 1.29 is 4.74 Å². The molecule has 1 aliphatic heterocycles. The van der Waals surface area contributed by atoms with Gasteiger partial charge < -0.3 is 15.4 Å². The number of aromatic nitrogens is 1. The molecule has 4 heteroatoms. The highest BCUT2D eigenvalue weighted by Gasteiger charge is 2.19. The van der Waals surface area contributed by atoms with Crippen LogP contribution in [-0.4, -0.2) is 36.1 Å². The largest absolute Gasteiger partial charge is 0.476 e. The zero-order chi connectivity index (χ0) is 13.0. The molecule has 1 unspecified atom stereocenters. The van der Waals surface area contributed by atoms with E-state index in [0.717, 1.165) is 17.9 Å². The van der Waals surface area contributed by atoms with E-state index in [1.165, 1.54) is 25.8 Å². The molecule has 2 heterocycles. The summed E-state index contributed by atoms with van der Waals surface area (Å²) in [5, 5.41) is 0. The molecule has 0 bridgehead atoms. The second-order valence-electron chi connectivity index (χ2n) is 5.04. The fraction of sp³-hybridized carbons (Fsp3) is 0.643. The van der Waals surface area contributed by atoms with E-state index in [-0.39, 0.29) is 0 Å². The van der Waals surface area contributed by atoms with Gasteiger partial charge in [0.05, 0.1) is 0 Å². The first-order valence-corrected chi connectivity index (χ1v) is 6.70. The Morgan fingerprint density at radius 1 is 1.44 bits per heavy atom. The van der Waals surface area contributed by atoms with Gasteiger partial charge in [0.15, 0.2) is 0 Å². The van der Waals surface area contributed by atoms with E-state index in [4.69, 9.17) is 10.5 Å². The molecule has 1 saturated heterocycles. The first-order valence-electron chi connectivity index (χ1n) is 6.70. The molecule has 4 nitrogen and oxygen atoms in total. The lowest BCUT2D eigenvalue weighted by atomic mass is 10.0. The van der Waals surface area contributed by atoms with Crippen LogP contribution in [0.4, 0.5) is 0 Å². The number of pyridine rings is 1. The van der Waals surface area contributed by atoms with Gasteiger partial charge in [0.2, 0.25) is 5.88 Å². The van der Waals surface area contributed by atoms with E-state index in [0.29, 0.717) is 18.5 Å². The van der Waals surface area contributed by atoms with Crippen molar-refractivity contribution in [1.82, 2.24) is 9.88 Å². The first kappa shape index (κ1) is 13.3. The van der Waals surface area contributed by atoms with Gasteiger partial charge in [-0.3, -0.25) is 0 Å². The summed E-state index contributed by atoms with van der Waals surface area (Å²) in [7, 11) is 2.17. The highest BCUT2D eigenvalue weighted by Crippen LogP contribution is 2.17. The molecular weight excluding hydrogens is 226 g/mol. The highest BCUT2D eigenvalue weighted by molar-refractivity contribution is 5.24. The van der Waals surface area contributed by atoms with Crippen LogP contribution in [0.3, 0.4) is 0 Å². The van der Waals surface area contributed by atoms with Gasteiger partial charge >= 0.3 is 0 Å². The zero-order valence-electron chi connectivity index (χ0n) is 11.4. The van der Waals surface area contributed by atoms with E-state index in [1.807, 2.05) is 19.1 Å². The van der Waals surface area contributed by atoms with Gasteiger partial charge in [0.1, 0.15) is 6.61 Å². The van der Waals surface area contributed by atoms with Gasteiger partial charge in [0.25, 0.3) is 0 Å². The van der Waals surface area contributed by atoms with Gasteiger partial charge in [-0.2, -0.15) is 0 Å². The van der Waals surface area contributed by atoms with Crippen LogP contribution in [-0.2, 0) is 6.54 Å². The van der Waals surface area contributed by atoms with Crippen LogP contribution >= 0.6 is 0 Å². The molecule has 2 rings (SSSR count). The smallest absolute Gasteiger partial charge is 0.213 e. The monoisotopic (exact) mass is 249 g/mol. The van der Waals surface area contributed by atoms with Crippen molar-refractivity contribution in [2.24, 2.45) is 5.73 Å². The van der Waals surface area contributed by atoms with Crippen molar-refractivity contribution >= 4 is 0 Å². The number of likely N-dealkylation sites (tertiary alicyclic amines) is 1. The maximum absolute atomic E-state index is 5.80. The van der Waals surface area contributed by atoms with Gasteiger partial charge in [0, 0.05) is 24.3 Å². The van der Waals surface area contributed by atoms with Crippen molar-refractivity contribution in [2.75, 3.05) is 20.2 Å². The summed E-state index contributed by atoms with van der Waals surface area (Å²) >= 11 is 0. The van der Waals surface area contributed by atoms with Gasteiger partial charge in [-0.05, 0) is 38.9 Å². The predicted molar refractivity (Wildman–Crippen MR) is 72.6 cm³/mol. The minimum absolute atomic E-state index is 0.523. The van der Waals surface area contributed by atoms with Crippen LogP contribution in [0, 0.1) is 6.92 Å². The number of ether oxygens (including phenoxy) is 1. The van der Waals surface area contributed by atoms with E-state index in [1.54, 1.807) is 0 Å². The van der Waals surface area contributed by atoms with Crippen LogP contribution < -0.4 is 10.5 Å². The Hall–Kier alpha value is -1.13. The number of likely N-dealkylation sites (N-methyl/N-ethyl adjacent to an activating group) is 1. The minimum Gasteiger partial charge on any atom is -0.476 e. The number of nitrogens with zero attached hydrogens (tertiary/aromatic N) is 2. The molecule has 0 aromatic carbocycles. The lowest BCUT2D eigenvalue weighted by Gasteiger charge is -2.31. The Labute approximate surface area is 109 Å². The van der Waals surface area contributed by atoms with Crippen LogP contribution in [0.1, 0.15) is 30.5 Å². The molecule has 1 aromatic rings. The third-order valence-corrected chi connectivity index (χ3v) is 3.73. The third kappa shape index (κ3) is 3.21. The summed E-state index contributed by atoms with van der Waals surface area (Å²) in [6.07, 6.45) is 3.82. The molecule has 100 valence electrons. The fourth-order valence-electron chi connectivity index (χ4n) is 2.40. The lowest BCUT2D eigenvalue weighted by molar-refractivity contribution is 0.122. The molecule has 1 aliphatic rings. The lowest BCUT2D eigenvalue weighted by Crippen LogP contribution is -2.40. The van der Waals surface area contributed by atoms with E-state index in [2.05, 4.69) is 16.9 Å². The van der Waals surface area contributed by atoms with E-state index < -0.39 is 0 Å². The minimum atomic E-state index is 0.523. The molecule has 0 spiro atoms. The molecule has 0 aliphatic carbocycles. The third-order valence-electron chi connectivity index (χ3n) is 3.73. The second-order valence-corrected chi connectivity index (χ2v) is 5.04. The predicted octanol–water partition coefficient (Wildman–Crippen LogP) is 1.71. The summed E-state index contributed by atoms with van der Waals surface area (Å²) in [6.45, 7) is 4.41. The molecule has 1 aromatic heterocycles. The molecule has 1 fully saturated rings. The second kappa shape index (κ2) is 6.16. The zero-order valence-corrected chi connectivity index (χ0v) is 11.4. The van der Waals surface area contributed by atoms with Gasteiger partial charge in [-0.15, -0.1) is 0 Å². The average Bonchev–Trinajstić information content (AvgIpc) is 2.38. The maximum Gasteiger partial charge on any atom is 0.213 e. The number of aryl methyl sites for hydroxylation is 1. The van der Waals surface area contributed by atoms with Crippen LogP contribution in [0.15, 0.2) is 12.1 Å². The van der Waals surface area contributed by atoms with Crippen LogP contribution in [0.25, 0.3) is 0 Å². The molecular formula is C14H23N3O. The van der Waals surface area contributed by atoms with Crippen molar-refractivity contribution in [3.8, 4) is 5.88 Å². The normalized spacial score (nSPS) is 20.9. The topological polar surface area (TPSA) is 51.4 Å². The summed E-state index contributed by atoms with van der Waals surface area (Å²) in [5.41, 5.74) is 7.67. The number of nitrogens with two attached hydrogens (primary N) is 1. The Bertz CT molecular complexity index is 395. The number of piperidine rings is 1. The van der Waals surface area contributed by atoms with Crippen LogP contribution in [0.5, 0.6) is 5.88 Å². The van der Waals surface area contributed by atoms with Gasteiger partial charge in [-0.25, -0.2) is 4.98 Å². The quantitative estimate of drug-likeness (QED) is 0.882. The summed E-state index contributed by atoms with van der Waals surface area (Å²) in [5.74, 6) is 0.712. The maximum atomic E-state index is 5.80. The van der Waals surface area contributed by atoms with E-state index >= 15 is 0 Å². The number of rotatable bonds is 4. The van der Waals surface area contributed by atoms with Crippen molar-refractivity contribution in [1.29, 1.82) is 0 Å². The van der Waals surface area contributed by atoms with Crippen LogP contribution in [0.2, 0.25) is 0 Å². The number of hydrogen-bond acceptors (Lipinski definition) is 4. The Kier molecular flexibility index (Phi) is 4.55. The molecule has 1 atom stereocenters. The molecule has 0 amide bonds. The Morgan fingerprint density at radius 3 is 2.94 bits per heavy atom. The van der Waals surface area contributed by atoms with Crippen molar-refractivity contribution in [3.63, 3.8) is 0 Å². The molecule has 18 heavy (non-hydrogen) atoms. The standard InChI is InChI=1S/C14H23N3O/c1-11-12(9-15)6-7-14(16-11)18-10-13-5-3-4-8-17(13)2/h6-7,13H,3-5,8-10,15H2,1-2H3. The highest BCUT2D eigenvalue weighted by atomic mass is 16.5. The van der Waals surface area contributed by atoms with E-state index in [9.17, 15) is 0 Å². The summed E-state index contributed by atoms with van der Waals surface area (Å²) in [4.78, 5) is 6.81. The first-order chi connectivity index (χ1) is 8.70. The SMILES string of the molecule is Cc1nc(OCC2CCCCN2C)ccc1CN. The molecule has 0 radical (unpaired) electrons. The summed E-state index contributed by atoms with van der Waals surface area (Å²) < 4.78 is 5.80. The average molecular weight is 249 g/mol. The van der Waals surface area contributed by atoms with Gasteiger partial charge in [-0.1, -0.05) is 12.5 Å². The van der Waals surface area contributed by atoms with Crippen molar-refractivity contribution in [3.05, 3.63) is 23.4 Å². The summed E-state index contributed by atoms with van der Waals surface area (Å²) in [6, 6.07) is 4.44. The Morgan fingerprint density at radius 2 is 2.28 bits per heavy atom. The number of hydrogen-bond donors (Lipinski definition) is 1. The molecule has 0 saturated carbocycles.